The number of Topliss-reactive ketones (excluding diaryl/α,β-unsaturated/α-hetero) is 4. The van der Waals surface area contributed by atoms with Crippen molar-refractivity contribution in [3.05, 3.63) is 0 Å². The molecule has 820 valence electrons. The number of aldehydes is 3. The zero-order valence-corrected chi connectivity index (χ0v) is 78.3. The molecule has 92 heteroatoms. The Morgan fingerprint density at radius 2 is 0.584 bits per heavy atom. The fourth-order valence-electron chi connectivity index (χ4n) is 4.68. The normalized spacial score (nSPS) is 16.0. The first-order valence-electron chi connectivity index (χ1n) is 32.2. The van der Waals surface area contributed by atoms with E-state index in [1.807, 2.05) is 0 Å². The molecule has 22 N–H and O–H groups in total. The van der Waals surface area contributed by atoms with Gasteiger partial charge in [-0.25, -0.2) is 12.3 Å². The Labute approximate surface area is 765 Å². The Hall–Kier alpha value is -3.45. The maximum atomic E-state index is 11.1. The van der Waals surface area contributed by atoms with Crippen molar-refractivity contribution in [1.82, 2.24) is 0 Å². The van der Waals surface area contributed by atoms with Gasteiger partial charge in [0.25, 0.3) is 0 Å². The number of phosphoric acid groups is 10. The molecule has 0 amide bonds. The average Bonchev–Trinajstić information content (AvgIpc) is 0.895. The van der Waals surface area contributed by atoms with E-state index < -0.39 is 341 Å². The fraction of sp³-hybridized carbons (Fsp3) is 0.733. The third-order valence-electron chi connectivity index (χ3n) is 10.8. The van der Waals surface area contributed by atoms with E-state index in [0.717, 1.165) is 6.92 Å². The first-order chi connectivity index (χ1) is 61.1. The topological polar surface area (TPSA) is 1480 Å². The number of phosphoric ester groups is 10. The van der Waals surface area contributed by atoms with E-state index in [1.54, 1.807) is 0 Å². The molecule has 19 atom stereocenters. The third kappa shape index (κ3) is 111. The minimum atomic E-state index is -5.47. The molecule has 0 aromatic heterocycles. The minimum absolute atomic E-state index is 0.0258. The number of aliphatic hydroxyl groups excluding tert-OH is 22. The van der Waals surface area contributed by atoms with Gasteiger partial charge in [0.15, 0.2) is 48.1 Å². The first-order valence-corrected chi connectivity index (χ1v) is 50.7. The maximum Gasteiger partial charge on any atom is 0.335 e. The van der Waals surface area contributed by atoms with Crippen molar-refractivity contribution in [3.63, 3.8) is 0 Å². The number of rotatable bonds is 54. The van der Waals surface area contributed by atoms with E-state index in [4.69, 9.17) is 107 Å². The Kier molecular flexibility index (Phi) is 89.9. The van der Waals surface area contributed by atoms with E-state index in [-0.39, 0.29) is 18.9 Å². The molecule has 0 fully saturated rings. The number of carboxylic acids is 4. The summed E-state index contributed by atoms with van der Waals surface area (Å²) in [5.74, 6) is -13.0. The first kappa shape index (κ1) is 156. The summed E-state index contributed by atoms with van der Waals surface area (Å²) in [5.41, 5.74) is 0. The SMILES string of the molecule is CC(=O)C(=O)[O-].O=C(CO)C(O)C(O)C(O)COP(=O)([O-])[O-].O=C(CO)COP(=O)([O-])[O-].O=C(COP(=O)([O-])[O-])C(O)C(O)C(O)COP(=O)([O-])[O-].O=C(OP([PH-])[PH-])C(O)COP(=O)([O-])[O-].O=C([O-])C(CO)OP(=O)([O-])[O-].O=C([O-])C(CO)OP(=O)([O-])[O-].O=C([O-])C(O)COP(=O)([O-])[O-].O=CC(O)C(O)C(O)C(O)CO.O=CC(O)C(O)C(O)C(O)COP(=O)([O-])[O-].O=CC(O)COP(=O)([O-])[O-]. The van der Waals surface area contributed by atoms with Crippen LogP contribution in [0.1, 0.15) is 6.92 Å². The van der Waals surface area contributed by atoms with Crippen molar-refractivity contribution < 1.29 is 384 Å². The highest BCUT2D eigenvalue weighted by atomic mass is 32.4. The fourth-order valence-corrected chi connectivity index (χ4v) is 9.02. The van der Waals surface area contributed by atoms with Crippen LogP contribution in [-0.2, 0) is 153 Å². The Morgan fingerprint density at radius 3 is 0.803 bits per heavy atom. The van der Waals surface area contributed by atoms with Gasteiger partial charge in [-0.05, 0) is 0 Å². The molecular formula is C45H75O79P13-26. The van der Waals surface area contributed by atoms with Crippen LogP contribution in [0.3, 0.4) is 0 Å². The number of aliphatic carboxylic acids is 4. The van der Waals surface area contributed by atoms with Crippen LogP contribution in [0.25, 0.3) is 0 Å². The number of ketones is 4. The van der Waals surface area contributed by atoms with Crippen LogP contribution in [-0.4, -0.2) is 386 Å². The molecule has 0 saturated heterocycles. The predicted octanol–water partition coefficient (Wildman–Crippen LogP) is -37.9. The third-order valence-corrected chi connectivity index (χ3v) is 16.4. The Balaban J connectivity index is -0.000000143. The molecule has 0 bridgehead atoms. The van der Waals surface area contributed by atoms with Gasteiger partial charge < -0.3 is 377 Å². The quantitative estimate of drug-likeness (QED) is 0.0153. The number of carbonyl (C=O) groups excluding carboxylic acids is 12. The Bertz CT molecular complexity index is 3890. The molecule has 0 aliphatic carbocycles. The number of aliphatic hydroxyl groups is 22. The van der Waals surface area contributed by atoms with Gasteiger partial charge in [0.2, 0.25) is 0 Å². The highest BCUT2D eigenvalue weighted by Gasteiger charge is 2.34. The van der Waals surface area contributed by atoms with Gasteiger partial charge in [0, 0.05) is 6.92 Å². The molecule has 0 radical (unpaired) electrons. The zero-order valence-electron chi connectivity index (χ0n) is 66.4. The lowest BCUT2D eigenvalue weighted by atomic mass is 10.0. The molecule has 0 aliphatic heterocycles. The smallest absolute Gasteiger partial charge is 0.335 e. The van der Waals surface area contributed by atoms with Crippen LogP contribution < -0.4 is 118 Å². The highest BCUT2D eigenvalue weighted by Crippen LogP contribution is 2.54. The van der Waals surface area contributed by atoms with E-state index in [0.29, 0.717) is 0 Å². The number of hydrogen-bond donors (Lipinski definition) is 22. The molecule has 0 spiro atoms. The van der Waals surface area contributed by atoms with Gasteiger partial charge in [0.1, 0.15) is 142 Å². The van der Waals surface area contributed by atoms with Crippen LogP contribution in [0.2, 0.25) is 0 Å². The summed E-state index contributed by atoms with van der Waals surface area (Å²) >= 11 is 0. The summed E-state index contributed by atoms with van der Waals surface area (Å²) in [6.45, 7) is -12.6. The minimum Gasteiger partial charge on any atom is -0.790 e. The summed E-state index contributed by atoms with van der Waals surface area (Å²) in [6, 6.07) is 0. The number of carbonyl (C=O) groups is 12. The van der Waals surface area contributed by atoms with E-state index in [1.165, 1.54) is 0 Å². The van der Waals surface area contributed by atoms with Crippen molar-refractivity contribution in [2.75, 3.05) is 85.9 Å². The molecule has 79 nitrogen and oxygen atoms in total. The summed E-state index contributed by atoms with van der Waals surface area (Å²) in [4.78, 5) is 317. The lowest BCUT2D eigenvalue weighted by Crippen LogP contribution is -2.46. The molecule has 0 aromatic carbocycles. The highest BCUT2D eigenvalue weighted by molar-refractivity contribution is 8.41. The van der Waals surface area contributed by atoms with Crippen molar-refractivity contribution >= 4 is 175 Å². The monoisotopic (exact) mass is 2280 g/mol. The predicted molar refractivity (Wildman–Crippen MR) is 365 cm³/mol. The van der Waals surface area contributed by atoms with Crippen molar-refractivity contribution in [1.29, 1.82) is 0 Å². The average molecular weight is 2280 g/mol. The molecule has 19 unspecified atom stereocenters. The summed E-state index contributed by atoms with van der Waals surface area (Å²) < 4.78 is 138. The van der Waals surface area contributed by atoms with Gasteiger partial charge in [-0.15, -0.1) is 0 Å². The summed E-state index contributed by atoms with van der Waals surface area (Å²) in [6.07, 6.45) is -37.5. The number of hydrogen-bond acceptors (Lipinski definition) is 79. The molecule has 0 heterocycles. The molecule has 0 rings (SSSR count). The van der Waals surface area contributed by atoms with Gasteiger partial charge in [-0.1, -0.05) is 0 Å². The second-order valence-electron chi connectivity index (χ2n) is 21.9. The van der Waals surface area contributed by atoms with Crippen LogP contribution in [0, 0.1) is 0 Å². The lowest BCUT2D eigenvalue weighted by Gasteiger charge is -2.32. The van der Waals surface area contributed by atoms with Crippen molar-refractivity contribution in [2.45, 2.75) is 123 Å². The van der Waals surface area contributed by atoms with Crippen molar-refractivity contribution in [2.24, 2.45) is 0 Å². The Morgan fingerprint density at radius 1 is 0.321 bits per heavy atom. The van der Waals surface area contributed by atoms with Crippen molar-refractivity contribution in [3.8, 4) is 0 Å². The van der Waals surface area contributed by atoms with Crippen LogP contribution >= 0.6 is 104 Å². The van der Waals surface area contributed by atoms with E-state index >= 15 is 0 Å². The largest absolute Gasteiger partial charge is 0.790 e. The van der Waals surface area contributed by atoms with Gasteiger partial charge in [0.05, 0.1) is 156 Å². The van der Waals surface area contributed by atoms with Gasteiger partial charge in [-0.3, -0.25) is 19.2 Å². The van der Waals surface area contributed by atoms with E-state index in [9.17, 15) is 227 Å². The number of carboxylic acid groups (broad SMARTS) is 4. The van der Waals surface area contributed by atoms with Gasteiger partial charge in [-0.2, -0.15) is 0 Å². The molecule has 0 aliphatic rings. The molecule has 137 heavy (non-hydrogen) atoms. The van der Waals surface area contributed by atoms with Crippen LogP contribution in [0.5, 0.6) is 0 Å². The second kappa shape index (κ2) is 78.9. The molecular weight excluding hydrogens is 2210 g/mol. The standard InChI is InChI=1S/C6H14O12P2.2C6H13O9P.C6H12O6.C3H8O7P4.3C3H7O7P.2C3H7O6P.C3H4O3/c7-3(1-17-19(11,12)13)5(9)6(10)4(8)2-18-20(14,15)16;2*7-1-3(8)5(10)6(11)4(9)2-15-16(12,13)14;7-1-3(9)5(11)6(12)4(10)2-8;4-2(1-9-14(6,7)8)3(5)10-13(11)12;4-2(3(5)6)1-10-11(7,8)9;2*4-1-2(3(5)6)10-11(7,8)9;2*4-1-3(5)2-9-10(6,7)8;1-2(4)3(5)6/h3,5-7,9-10H,1-2H2,(H2,11,12,13)(H2,14,15,16);4-7,9-11H,1-2H2,(H2,12,13,14);1,3-6,8-11H,2H2,(H2,12,13,14);1,3-6,8-12H,2H2;2,4,11-12H,1H2,(H2,6,7,8);3*2,4H,1H2,(H,5,6)(H2,7,8,9);4H,1-2H2,(H2,6,7,8);1,3,5H,2H2,(H2,6,7,8);1H3,(H,5,6)/q;;;;-2;;;;;;/p-24. The summed E-state index contributed by atoms with van der Waals surface area (Å²) in [7, 11) is -48.4. The lowest BCUT2D eigenvalue weighted by molar-refractivity contribution is -0.354. The van der Waals surface area contributed by atoms with E-state index in [2.05, 4.69) is 67.6 Å². The molecule has 0 aromatic rings. The molecule has 0 saturated carbocycles. The van der Waals surface area contributed by atoms with Crippen LogP contribution in [0.4, 0.5) is 0 Å². The van der Waals surface area contributed by atoms with Crippen LogP contribution in [0.15, 0.2) is 0 Å². The summed E-state index contributed by atoms with van der Waals surface area (Å²) in [5, 5.41) is 231. The second-order valence-corrected chi connectivity index (χ2v) is 37.9. The van der Waals surface area contributed by atoms with Gasteiger partial charge >= 0.3 is 5.97 Å². The maximum absolute atomic E-state index is 11.1. The zero-order chi connectivity index (χ0) is 112.